The minimum absolute atomic E-state index is 0.436. The number of hydrogen-bond acceptors (Lipinski definition) is 5. The van der Waals surface area contributed by atoms with Crippen LogP contribution in [0.4, 0.5) is 17.3 Å². The topological polar surface area (TPSA) is 59.1 Å². The van der Waals surface area contributed by atoms with Gasteiger partial charge in [-0.05, 0) is 36.3 Å². The van der Waals surface area contributed by atoms with Gasteiger partial charge >= 0.3 is 0 Å². The van der Waals surface area contributed by atoms with Gasteiger partial charge in [0.1, 0.15) is 17.5 Å². The van der Waals surface area contributed by atoms with Gasteiger partial charge in [0.25, 0.3) is 0 Å². The third-order valence-electron chi connectivity index (χ3n) is 4.30. The molecule has 2 aromatic rings. The molecule has 0 fully saturated rings. The van der Waals surface area contributed by atoms with Crippen LogP contribution in [-0.4, -0.2) is 30.2 Å². The SMILES string of the molecule is COCCCNc1cc(Nc2c(C(C)C)cccc2C(C)C)nc(C)n1. The van der Waals surface area contributed by atoms with Crippen molar-refractivity contribution in [2.75, 3.05) is 30.9 Å². The minimum Gasteiger partial charge on any atom is -0.385 e. The summed E-state index contributed by atoms with van der Waals surface area (Å²) in [5.41, 5.74) is 3.78. The lowest BCUT2D eigenvalue weighted by molar-refractivity contribution is 0.198. The number of rotatable bonds is 9. The predicted molar refractivity (Wildman–Crippen MR) is 110 cm³/mol. The lowest BCUT2D eigenvalue weighted by Gasteiger charge is -2.21. The number of aromatic nitrogens is 2. The zero-order valence-corrected chi connectivity index (χ0v) is 16.9. The van der Waals surface area contributed by atoms with Crippen LogP contribution in [0, 0.1) is 6.92 Å². The molecular formula is C21H32N4O. The molecule has 1 aromatic heterocycles. The van der Waals surface area contributed by atoms with E-state index in [0.29, 0.717) is 11.8 Å². The third-order valence-corrected chi connectivity index (χ3v) is 4.30. The summed E-state index contributed by atoms with van der Waals surface area (Å²) in [4.78, 5) is 9.07. The first-order chi connectivity index (χ1) is 12.4. The molecule has 1 aromatic carbocycles. The minimum atomic E-state index is 0.436. The zero-order chi connectivity index (χ0) is 19.1. The van der Waals surface area contributed by atoms with Crippen molar-refractivity contribution in [3.63, 3.8) is 0 Å². The van der Waals surface area contributed by atoms with Crippen molar-refractivity contribution >= 4 is 17.3 Å². The highest BCUT2D eigenvalue weighted by Gasteiger charge is 2.15. The van der Waals surface area contributed by atoms with E-state index in [1.165, 1.54) is 16.8 Å². The molecule has 26 heavy (non-hydrogen) atoms. The van der Waals surface area contributed by atoms with Gasteiger partial charge < -0.3 is 15.4 Å². The first-order valence-electron chi connectivity index (χ1n) is 9.40. The fraction of sp³-hybridized carbons (Fsp3) is 0.524. The second kappa shape index (κ2) is 9.53. The summed E-state index contributed by atoms with van der Waals surface area (Å²) in [5.74, 6) is 3.28. The molecule has 5 nitrogen and oxygen atoms in total. The number of benzene rings is 1. The fourth-order valence-electron chi connectivity index (χ4n) is 2.98. The van der Waals surface area contributed by atoms with Crippen molar-refractivity contribution in [3.05, 3.63) is 41.2 Å². The van der Waals surface area contributed by atoms with Crippen molar-refractivity contribution in [1.29, 1.82) is 0 Å². The Morgan fingerprint density at radius 3 is 2.19 bits per heavy atom. The van der Waals surface area contributed by atoms with E-state index in [-0.39, 0.29) is 0 Å². The van der Waals surface area contributed by atoms with Crippen LogP contribution in [0.15, 0.2) is 24.3 Å². The summed E-state index contributed by atoms with van der Waals surface area (Å²) in [7, 11) is 1.72. The van der Waals surface area contributed by atoms with Crippen molar-refractivity contribution in [2.45, 2.75) is 52.9 Å². The monoisotopic (exact) mass is 356 g/mol. The average molecular weight is 357 g/mol. The molecule has 142 valence electrons. The summed E-state index contributed by atoms with van der Waals surface area (Å²) in [6.07, 6.45) is 0.940. The maximum Gasteiger partial charge on any atom is 0.136 e. The summed E-state index contributed by atoms with van der Waals surface area (Å²) in [6, 6.07) is 8.50. The number of nitrogens with zero attached hydrogens (tertiary/aromatic N) is 2. The molecule has 0 bridgehead atoms. The second-order valence-electron chi connectivity index (χ2n) is 7.20. The van der Waals surface area contributed by atoms with Crippen molar-refractivity contribution < 1.29 is 4.74 Å². The van der Waals surface area contributed by atoms with Gasteiger partial charge in [-0.15, -0.1) is 0 Å². The Balaban J connectivity index is 2.29. The first kappa shape index (κ1) is 20.2. The van der Waals surface area contributed by atoms with Crippen LogP contribution in [0.25, 0.3) is 0 Å². The number of nitrogens with one attached hydrogen (secondary N) is 2. The summed E-state index contributed by atoms with van der Waals surface area (Å²) >= 11 is 0. The Kier molecular flexibility index (Phi) is 7.39. The van der Waals surface area contributed by atoms with Crippen LogP contribution >= 0.6 is 0 Å². The highest BCUT2D eigenvalue weighted by Crippen LogP contribution is 2.34. The first-order valence-corrected chi connectivity index (χ1v) is 9.40. The van der Waals surface area contributed by atoms with Crippen LogP contribution in [-0.2, 0) is 4.74 Å². The van der Waals surface area contributed by atoms with Crippen LogP contribution < -0.4 is 10.6 Å². The molecule has 0 unspecified atom stereocenters. The quantitative estimate of drug-likeness (QED) is 0.603. The van der Waals surface area contributed by atoms with Gasteiger partial charge in [0.05, 0.1) is 0 Å². The molecule has 2 rings (SSSR count). The number of hydrogen-bond donors (Lipinski definition) is 2. The van der Waals surface area contributed by atoms with Gasteiger partial charge in [-0.1, -0.05) is 45.9 Å². The summed E-state index contributed by atoms with van der Waals surface area (Å²) in [5, 5.41) is 6.92. The van der Waals surface area contributed by atoms with E-state index in [0.717, 1.165) is 37.0 Å². The third kappa shape index (κ3) is 5.43. The Morgan fingerprint density at radius 2 is 1.62 bits per heavy atom. The number of methoxy groups -OCH3 is 1. The Labute approximate surface area is 157 Å². The number of ether oxygens (including phenoxy) is 1. The molecule has 1 heterocycles. The van der Waals surface area contributed by atoms with Crippen LogP contribution in [0.3, 0.4) is 0 Å². The maximum absolute atomic E-state index is 5.09. The normalized spacial score (nSPS) is 11.2. The summed E-state index contributed by atoms with van der Waals surface area (Å²) < 4.78 is 5.09. The van der Waals surface area contributed by atoms with E-state index in [9.17, 15) is 0 Å². The molecule has 0 aliphatic carbocycles. The smallest absolute Gasteiger partial charge is 0.136 e. The lowest BCUT2D eigenvalue weighted by Crippen LogP contribution is -2.09. The zero-order valence-electron chi connectivity index (χ0n) is 16.9. The fourth-order valence-corrected chi connectivity index (χ4v) is 2.98. The highest BCUT2D eigenvalue weighted by atomic mass is 16.5. The predicted octanol–water partition coefficient (Wildman–Crippen LogP) is 5.22. The molecule has 2 N–H and O–H groups in total. The molecule has 5 heteroatoms. The Morgan fingerprint density at radius 1 is 1.00 bits per heavy atom. The largest absolute Gasteiger partial charge is 0.385 e. The van der Waals surface area contributed by atoms with E-state index in [1.807, 2.05) is 13.0 Å². The van der Waals surface area contributed by atoms with Gasteiger partial charge in [0, 0.05) is 32.0 Å². The van der Waals surface area contributed by atoms with Gasteiger partial charge in [-0.3, -0.25) is 0 Å². The van der Waals surface area contributed by atoms with E-state index in [2.05, 4.69) is 66.5 Å². The van der Waals surface area contributed by atoms with Gasteiger partial charge in [-0.25, -0.2) is 9.97 Å². The van der Waals surface area contributed by atoms with Crippen molar-refractivity contribution in [1.82, 2.24) is 9.97 Å². The maximum atomic E-state index is 5.09. The molecule has 0 amide bonds. The molecule has 0 radical (unpaired) electrons. The molecule has 0 atom stereocenters. The number of para-hydroxylation sites is 1. The van der Waals surface area contributed by atoms with Gasteiger partial charge in [0.2, 0.25) is 0 Å². The number of anilines is 3. The molecule has 0 saturated carbocycles. The average Bonchev–Trinajstić information content (AvgIpc) is 2.58. The molecular weight excluding hydrogens is 324 g/mol. The molecule has 0 spiro atoms. The molecule has 0 aliphatic heterocycles. The van der Waals surface area contributed by atoms with Crippen LogP contribution in [0.1, 0.15) is 62.9 Å². The Bertz CT molecular complexity index is 687. The van der Waals surface area contributed by atoms with Crippen LogP contribution in [0.2, 0.25) is 0 Å². The van der Waals surface area contributed by atoms with E-state index in [4.69, 9.17) is 4.74 Å². The highest BCUT2D eigenvalue weighted by molar-refractivity contribution is 5.68. The summed E-state index contributed by atoms with van der Waals surface area (Å²) in [6.45, 7) is 12.4. The van der Waals surface area contributed by atoms with Gasteiger partial charge in [-0.2, -0.15) is 0 Å². The van der Waals surface area contributed by atoms with E-state index < -0.39 is 0 Å². The van der Waals surface area contributed by atoms with Crippen molar-refractivity contribution in [3.8, 4) is 0 Å². The van der Waals surface area contributed by atoms with E-state index >= 15 is 0 Å². The molecule has 0 aliphatic rings. The van der Waals surface area contributed by atoms with Crippen molar-refractivity contribution in [2.24, 2.45) is 0 Å². The van der Waals surface area contributed by atoms with Crippen LogP contribution in [0.5, 0.6) is 0 Å². The lowest BCUT2D eigenvalue weighted by atomic mass is 9.92. The van der Waals surface area contributed by atoms with Gasteiger partial charge in [0.15, 0.2) is 0 Å². The molecule has 0 saturated heterocycles. The second-order valence-corrected chi connectivity index (χ2v) is 7.20. The number of aryl methyl sites for hydroxylation is 1. The standard InChI is InChI=1S/C21H32N4O/c1-14(2)17-9-7-10-18(15(3)4)21(17)25-20-13-19(23-16(5)24-20)22-11-8-12-26-6/h7,9-10,13-15H,8,11-12H2,1-6H3,(H2,22,23,24,25). The Hall–Kier alpha value is -2.14. The van der Waals surface area contributed by atoms with E-state index in [1.54, 1.807) is 7.11 Å².